The summed E-state index contributed by atoms with van der Waals surface area (Å²) in [5.74, 6) is 5.01. The normalized spacial score (nSPS) is 13.9. The Bertz CT molecular complexity index is 313. The molecule has 0 aromatic heterocycles. The van der Waals surface area contributed by atoms with Crippen LogP contribution in [0.5, 0.6) is 0 Å². The fourth-order valence-corrected chi connectivity index (χ4v) is 1.53. The molecule has 1 rings (SSSR count). The summed E-state index contributed by atoms with van der Waals surface area (Å²) in [5, 5.41) is -3.36. The Kier molecular flexibility index (Phi) is 4.45. The van der Waals surface area contributed by atoms with Crippen LogP contribution in [0.3, 0.4) is 0 Å². The molecule has 0 bridgehead atoms. The number of nitrogens with two attached hydrogens (primary N) is 1. The molecule has 0 aliphatic carbocycles. The molecule has 0 radical (unpaired) electrons. The fraction of sp³-hybridized carbons (Fsp3) is 0.333. The van der Waals surface area contributed by atoms with E-state index >= 15 is 0 Å². The van der Waals surface area contributed by atoms with Crippen molar-refractivity contribution in [1.82, 2.24) is 5.43 Å². The molecule has 15 heavy (non-hydrogen) atoms. The molecule has 1 unspecified atom stereocenters. The van der Waals surface area contributed by atoms with Gasteiger partial charge in [-0.25, -0.2) is 5.43 Å². The summed E-state index contributed by atoms with van der Waals surface area (Å²) in [4.78, 5) is 0. The van der Waals surface area contributed by atoms with E-state index in [1.165, 1.54) is 0 Å². The SMILES string of the molecule is NNC(Cc1ccc(Br)cc1)C(F)(F)Cl. The molecule has 1 atom stereocenters. The topological polar surface area (TPSA) is 38.0 Å². The minimum absolute atomic E-state index is 0.0697. The Morgan fingerprint density at radius 1 is 1.40 bits per heavy atom. The highest BCUT2D eigenvalue weighted by atomic mass is 79.9. The van der Waals surface area contributed by atoms with Crippen LogP contribution in [-0.2, 0) is 6.42 Å². The minimum atomic E-state index is -3.36. The standard InChI is InChI=1S/C9H10BrClF2N2/c10-7-3-1-6(2-4-7)5-8(15-14)9(11,12)13/h1-4,8,15H,5,14H2. The molecule has 1 aromatic rings. The zero-order chi connectivity index (χ0) is 11.5. The summed E-state index contributed by atoms with van der Waals surface area (Å²) in [5.41, 5.74) is 2.75. The number of hydrogen-bond donors (Lipinski definition) is 2. The van der Waals surface area contributed by atoms with E-state index in [-0.39, 0.29) is 6.42 Å². The van der Waals surface area contributed by atoms with Gasteiger partial charge in [0.1, 0.15) is 6.04 Å². The molecule has 84 valence electrons. The monoisotopic (exact) mass is 298 g/mol. The van der Waals surface area contributed by atoms with Gasteiger partial charge < -0.3 is 0 Å². The molecule has 6 heteroatoms. The molecule has 0 fully saturated rings. The number of rotatable bonds is 4. The minimum Gasteiger partial charge on any atom is -0.271 e. The lowest BCUT2D eigenvalue weighted by atomic mass is 10.1. The summed E-state index contributed by atoms with van der Waals surface area (Å²) in [6.45, 7) is 0. The van der Waals surface area contributed by atoms with Crippen molar-refractivity contribution in [2.24, 2.45) is 5.84 Å². The quantitative estimate of drug-likeness (QED) is 0.509. The first kappa shape index (κ1) is 12.8. The van der Waals surface area contributed by atoms with Crippen LogP contribution in [0, 0.1) is 0 Å². The maximum Gasteiger partial charge on any atom is 0.338 e. The van der Waals surface area contributed by atoms with Crippen molar-refractivity contribution in [3.63, 3.8) is 0 Å². The number of halogens is 4. The van der Waals surface area contributed by atoms with E-state index in [2.05, 4.69) is 15.9 Å². The largest absolute Gasteiger partial charge is 0.338 e. The van der Waals surface area contributed by atoms with E-state index in [1.54, 1.807) is 24.3 Å². The Labute approximate surface area is 99.9 Å². The average molecular weight is 300 g/mol. The first-order valence-corrected chi connectivity index (χ1v) is 5.38. The maximum absolute atomic E-state index is 12.8. The van der Waals surface area contributed by atoms with Crippen LogP contribution in [0.2, 0.25) is 0 Å². The third kappa shape index (κ3) is 4.03. The highest BCUT2D eigenvalue weighted by molar-refractivity contribution is 9.10. The second-order valence-electron chi connectivity index (χ2n) is 3.09. The van der Waals surface area contributed by atoms with Crippen molar-refractivity contribution in [3.8, 4) is 0 Å². The fourth-order valence-electron chi connectivity index (χ4n) is 1.13. The first-order chi connectivity index (χ1) is 6.93. The van der Waals surface area contributed by atoms with Crippen LogP contribution >= 0.6 is 27.5 Å². The number of alkyl halides is 3. The summed E-state index contributed by atoms with van der Waals surface area (Å²) < 4.78 is 26.4. The molecule has 0 saturated heterocycles. The van der Waals surface area contributed by atoms with Gasteiger partial charge in [0.25, 0.3) is 0 Å². The first-order valence-electron chi connectivity index (χ1n) is 4.21. The highest BCUT2D eigenvalue weighted by Crippen LogP contribution is 2.25. The molecular weight excluding hydrogens is 289 g/mol. The van der Waals surface area contributed by atoms with Crippen LogP contribution < -0.4 is 11.3 Å². The van der Waals surface area contributed by atoms with Gasteiger partial charge in [0, 0.05) is 4.47 Å². The van der Waals surface area contributed by atoms with Gasteiger partial charge in [-0.1, -0.05) is 28.1 Å². The summed E-state index contributed by atoms with van der Waals surface area (Å²) >= 11 is 8.15. The smallest absolute Gasteiger partial charge is 0.271 e. The molecule has 0 spiro atoms. The van der Waals surface area contributed by atoms with Gasteiger partial charge in [0.2, 0.25) is 0 Å². The van der Waals surface area contributed by atoms with E-state index in [9.17, 15) is 8.78 Å². The van der Waals surface area contributed by atoms with E-state index in [1.807, 2.05) is 5.43 Å². The van der Waals surface area contributed by atoms with Gasteiger partial charge in [-0.2, -0.15) is 8.78 Å². The number of hydrazine groups is 1. The third-order valence-electron chi connectivity index (χ3n) is 1.95. The lowest BCUT2D eigenvalue weighted by molar-refractivity contribution is 0.0503. The number of nitrogens with one attached hydrogen (secondary N) is 1. The van der Waals surface area contributed by atoms with Crippen molar-refractivity contribution >= 4 is 27.5 Å². The predicted molar refractivity (Wildman–Crippen MR) is 59.8 cm³/mol. The Morgan fingerprint density at radius 3 is 2.33 bits per heavy atom. The van der Waals surface area contributed by atoms with Crippen molar-refractivity contribution in [3.05, 3.63) is 34.3 Å². The molecule has 1 aromatic carbocycles. The Hall–Kier alpha value is -0.230. The molecule has 0 heterocycles. The van der Waals surface area contributed by atoms with E-state index < -0.39 is 11.4 Å². The summed E-state index contributed by atoms with van der Waals surface area (Å²) in [6, 6.07) is 5.74. The van der Waals surface area contributed by atoms with E-state index in [4.69, 9.17) is 17.4 Å². The Morgan fingerprint density at radius 2 is 1.93 bits per heavy atom. The predicted octanol–water partition coefficient (Wildman–Crippen LogP) is 2.66. The van der Waals surface area contributed by atoms with Crippen LogP contribution in [0.25, 0.3) is 0 Å². The lowest BCUT2D eigenvalue weighted by Gasteiger charge is -2.20. The van der Waals surface area contributed by atoms with Crippen molar-refractivity contribution < 1.29 is 8.78 Å². The van der Waals surface area contributed by atoms with Gasteiger partial charge in [0.15, 0.2) is 0 Å². The molecule has 0 amide bonds. The van der Waals surface area contributed by atoms with Gasteiger partial charge in [0.05, 0.1) is 0 Å². The third-order valence-corrected chi connectivity index (χ3v) is 2.74. The zero-order valence-corrected chi connectivity index (χ0v) is 10.0. The van der Waals surface area contributed by atoms with Crippen LogP contribution in [0.4, 0.5) is 8.78 Å². The van der Waals surface area contributed by atoms with Crippen LogP contribution in [0.1, 0.15) is 5.56 Å². The van der Waals surface area contributed by atoms with Crippen molar-refractivity contribution in [2.45, 2.75) is 17.8 Å². The van der Waals surface area contributed by atoms with E-state index in [0.29, 0.717) is 0 Å². The molecule has 3 N–H and O–H groups in total. The molecule has 0 aliphatic heterocycles. The van der Waals surface area contributed by atoms with Gasteiger partial charge >= 0.3 is 5.38 Å². The lowest BCUT2D eigenvalue weighted by Crippen LogP contribution is -2.46. The molecule has 0 saturated carbocycles. The second kappa shape index (κ2) is 5.21. The summed E-state index contributed by atoms with van der Waals surface area (Å²) in [6.07, 6.45) is 0.0697. The van der Waals surface area contributed by atoms with Crippen LogP contribution in [-0.4, -0.2) is 11.4 Å². The van der Waals surface area contributed by atoms with Crippen molar-refractivity contribution in [1.29, 1.82) is 0 Å². The van der Waals surface area contributed by atoms with E-state index in [0.717, 1.165) is 10.0 Å². The van der Waals surface area contributed by atoms with Crippen LogP contribution in [0.15, 0.2) is 28.7 Å². The van der Waals surface area contributed by atoms with Gasteiger partial charge in [-0.3, -0.25) is 5.84 Å². The zero-order valence-electron chi connectivity index (χ0n) is 7.68. The summed E-state index contributed by atoms with van der Waals surface area (Å²) in [7, 11) is 0. The number of hydrogen-bond acceptors (Lipinski definition) is 2. The van der Waals surface area contributed by atoms with Gasteiger partial charge in [-0.15, -0.1) is 0 Å². The maximum atomic E-state index is 12.8. The average Bonchev–Trinajstić information content (AvgIpc) is 2.15. The second-order valence-corrected chi connectivity index (χ2v) is 4.51. The Balaban J connectivity index is 2.71. The molecular formula is C9H10BrClF2N2. The molecule has 0 aliphatic rings. The van der Waals surface area contributed by atoms with Gasteiger partial charge in [-0.05, 0) is 35.7 Å². The van der Waals surface area contributed by atoms with Crippen molar-refractivity contribution in [2.75, 3.05) is 0 Å². The highest BCUT2D eigenvalue weighted by Gasteiger charge is 2.36. The molecule has 2 nitrogen and oxygen atoms in total. The number of benzene rings is 1.